The van der Waals surface area contributed by atoms with Crippen LogP contribution in [0.3, 0.4) is 0 Å². The molecule has 2 aromatic rings. The van der Waals surface area contributed by atoms with Crippen molar-refractivity contribution in [2.45, 2.75) is 6.42 Å². The molecule has 3 amide bonds. The van der Waals surface area contributed by atoms with Gasteiger partial charge in [-0.05, 0) is 12.1 Å². The van der Waals surface area contributed by atoms with Crippen molar-refractivity contribution in [3.63, 3.8) is 0 Å². The maximum atomic E-state index is 11.8. The lowest BCUT2D eigenvalue weighted by Gasteiger charge is -2.24. The molecule has 0 aromatic carbocycles. The average molecular weight is 258 g/mol. The van der Waals surface area contributed by atoms with E-state index in [-0.39, 0.29) is 18.9 Å². The fourth-order valence-electron chi connectivity index (χ4n) is 2.10. The third kappa shape index (κ3) is 1.75. The van der Waals surface area contributed by atoms with Gasteiger partial charge in [-0.3, -0.25) is 24.2 Å². The first-order valence-electron chi connectivity index (χ1n) is 5.73. The molecule has 19 heavy (non-hydrogen) atoms. The molecule has 1 aliphatic heterocycles. The Morgan fingerprint density at radius 3 is 2.89 bits per heavy atom. The molecule has 0 aliphatic carbocycles. The van der Waals surface area contributed by atoms with Gasteiger partial charge in [-0.1, -0.05) is 6.07 Å². The van der Waals surface area contributed by atoms with Crippen LogP contribution in [0.2, 0.25) is 0 Å². The maximum Gasteiger partial charge on any atom is 0.329 e. The number of pyridine rings is 1. The number of aromatic nitrogens is 2. The molecule has 7 heteroatoms. The number of amides is 3. The van der Waals surface area contributed by atoms with Crippen LogP contribution < -0.4 is 10.2 Å². The van der Waals surface area contributed by atoms with Crippen molar-refractivity contribution in [3.05, 3.63) is 30.2 Å². The Bertz CT molecular complexity index is 691. The molecule has 7 nitrogen and oxygen atoms in total. The van der Waals surface area contributed by atoms with Gasteiger partial charge in [0.25, 0.3) is 0 Å². The van der Waals surface area contributed by atoms with Crippen LogP contribution in [0.15, 0.2) is 24.5 Å². The normalized spacial score (nSPS) is 15.7. The topological polar surface area (TPSA) is 83.8 Å². The van der Waals surface area contributed by atoms with Crippen LogP contribution in [0.25, 0.3) is 5.52 Å². The molecule has 0 spiro atoms. The minimum Gasteiger partial charge on any atom is -0.296 e. The molecule has 1 fully saturated rings. The molecule has 3 rings (SSSR count). The van der Waals surface area contributed by atoms with E-state index in [2.05, 4.69) is 10.3 Å². The number of nitrogens with one attached hydrogen (secondary N) is 1. The number of rotatable bonds is 2. The largest absolute Gasteiger partial charge is 0.329 e. The molecule has 3 heterocycles. The summed E-state index contributed by atoms with van der Waals surface area (Å²) in [5.41, 5.74) is 1.10. The van der Waals surface area contributed by atoms with Gasteiger partial charge in [0.15, 0.2) is 12.1 Å². The molecular formula is C12H10N4O3. The van der Waals surface area contributed by atoms with Crippen LogP contribution >= 0.6 is 0 Å². The Morgan fingerprint density at radius 1 is 1.32 bits per heavy atom. The Morgan fingerprint density at radius 2 is 2.16 bits per heavy atom. The first kappa shape index (κ1) is 11.4. The molecule has 0 bridgehead atoms. The van der Waals surface area contributed by atoms with Crippen LogP contribution in [0.5, 0.6) is 0 Å². The number of carbonyl (C=O) groups excluding carboxylic acids is 3. The second-order valence-corrected chi connectivity index (χ2v) is 4.15. The second-order valence-electron chi connectivity index (χ2n) is 4.15. The highest BCUT2D eigenvalue weighted by atomic mass is 16.2. The van der Waals surface area contributed by atoms with E-state index in [0.29, 0.717) is 17.0 Å². The second kappa shape index (κ2) is 4.20. The fraction of sp³-hybridized carbons (Fsp3) is 0.167. The van der Waals surface area contributed by atoms with Crippen LogP contribution in [0.1, 0.15) is 16.9 Å². The summed E-state index contributed by atoms with van der Waals surface area (Å²) in [6.45, 7) is 0.280. The molecule has 1 N–H and O–H groups in total. The molecule has 0 atom stereocenters. The molecule has 0 saturated carbocycles. The van der Waals surface area contributed by atoms with E-state index in [0.717, 1.165) is 6.29 Å². The smallest absolute Gasteiger partial charge is 0.296 e. The van der Waals surface area contributed by atoms with Crippen molar-refractivity contribution in [1.29, 1.82) is 0 Å². The van der Waals surface area contributed by atoms with Crippen molar-refractivity contribution >= 4 is 29.6 Å². The van der Waals surface area contributed by atoms with Crippen LogP contribution in [-0.4, -0.2) is 34.2 Å². The van der Waals surface area contributed by atoms with E-state index >= 15 is 0 Å². The molecule has 0 radical (unpaired) electrons. The molecule has 1 aliphatic rings. The zero-order valence-corrected chi connectivity index (χ0v) is 9.87. The molecular weight excluding hydrogens is 248 g/mol. The fourth-order valence-corrected chi connectivity index (χ4v) is 2.10. The van der Waals surface area contributed by atoms with Gasteiger partial charge in [-0.25, -0.2) is 9.78 Å². The lowest BCUT2D eigenvalue weighted by atomic mass is 10.3. The number of anilines is 1. The summed E-state index contributed by atoms with van der Waals surface area (Å²) in [5, 5.41) is 2.24. The van der Waals surface area contributed by atoms with Crippen molar-refractivity contribution in [1.82, 2.24) is 14.7 Å². The number of hydrogen-bond donors (Lipinski definition) is 1. The van der Waals surface area contributed by atoms with Gasteiger partial charge in [-0.15, -0.1) is 0 Å². The maximum absolute atomic E-state index is 11.8. The van der Waals surface area contributed by atoms with Crippen LogP contribution in [-0.2, 0) is 4.79 Å². The summed E-state index contributed by atoms with van der Waals surface area (Å²) < 4.78 is 1.60. The van der Waals surface area contributed by atoms with Crippen molar-refractivity contribution < 1.29 is 14.4 Å². The van der Waals surface area contributed by atoms with E-state index in [1.54, 1.807) is 22.6 Å². The predicted octanol–water partition coefficient (Wildman–Crippen LogP) is 0.593. The lowest BCUT2D eigenvalue weighted by molar-refractivity contribution is -0.120. The Hall–Kier alpha value is -2.70. The summed E-state index contributed by atoms with van der Waals surface area (Å²) in [5.74, 6) is 0.145. The predicted molar refractivity (Wildman–Crippen MR) is 66.1 cm³/mol. The molecule has 96 valence electrons. The first-order chi connectivity index (χ1) is 9.20. The number of carbonyl (C=O) groups is 3. The molecule has 1 saturated heterocycles. The number of hydrogen-bond acceptors (Lipinski definition) is 4. The summed E-state index contributed by atoms with van der Waals surface area (Å²) >= 11 is 0. The Labute approximate surface area is 107 Å². The van der Waals surface area contributed by atoms with E-state index in [9.17, 15) is 14.4 Å². The third-order valence-electron chi connectivity index (χ3n) is 3.01. The summed E-state index contributed by atoms with van der Waals surface area (Å²) in [6, 6.07) is 4.65. The highest BCUT2D eigenvalue weighted by Crippen LogP contribution is 2.22. The standard InChI is InChI=1S/C12H10N4O3/c17-6-8-2-1-3-9-11(13-7-16(8)9)15-5-4-10(18)14-12(15)19/h1-3,6-7H,4-5H2,(H,14,18,19). The van der Waals surface area contributed by atoms with Gasteiger partial charge < -0.3 is 0 Å². The number of fused-ring (bicyclic) bond motifs is 1. The van der Waals surface area contributed by atoms with E-state index in [1.165, 1.54) is 11.2 Å². The number of urea groups is 1. The lowest BCUT2D eigenvalue weighted by Crippen LogP contribution is -2.49. The van der Waals surface area contributed by atoms with Crippen LogP contribution in [0, 0.1) is 0 Å². The minimum atomic E-state index is -0.492. The SMILES string of the molecule is O=Cc1cccc2c(N3CCC(=O)NC3=O)ncn12. The number of nitrogens with zero attached hydrogens (tertiary/aromatic N) is 3. The van der Waals surface area contributed by atoms with E-state index in [1.807, 2.05) is 0 Å². The Balaban J connectivity index is 2.09. The summed E-state index contributed by atoms with van der Waals surface area (Å²) in [7, 11) is 0. The Kier molecular flexibility index (Phi) is 2.52. The highest BCUT2D eigenvalue weighted by molar-refractivity contribution is 6.06. The van der Waals surface area contributed by atoms with E-state index in [4.69, 9.17) is 0 Å². The van der Waals surface area contributed by atoms with Crippen molar-refractivity contribution in [2.75, 3.05) is 11.4 Å². The average Bonchev–Trinajstić information content (AvgIpc) is 2.82. The summed E-state index contributed by atoms with van der Waals surface area (Å²) in [6.07, 6.45) is 2.44. The quantitative estimate of drug-likeness (QED) is 0.799. The zero-order chi connectivity index (χ0) is 13.4. The number of imide groups is 1. The van der Waals surface area contributed by atoms with Gasteiger partial charge in [0.2, 0.25) is 5.91 Å². The monoisotopic (exact) mass is 258 g/mol. The zero-order valence-electron chi connectivity index (χ0n) is 9.87. The van der Waals surface area contributed by atoms with Gasteiger partial charge >= 0.3 is 6.03 Å². The van der Waals surface area contributed by atoms with Gasteiger partial charge in [0, 0.05) is 13.0 Å². The van der Waals surface area contributed by atoms with Crippen molar-refractivity contribution in [3.8, 4) is 0 Å². The van der Waals surface area contributed by atoms with Gasteiger partial charge in [-0.2, -0.15) is 0 Å². The van der Waals surface area contributed by atoms with Crippen molar-refractivity contribution in [2.24, 2.45) is 0 Å². The third-order valence-corrected chi connectivity index (χ3v) is 3.01. The van der Waals surface area contributed by atoms with Crippen LogP contribution in [0.4, 0.5) is 10.6 Å². The van der Waals surface area contributed by atoms with E-state index < -0.39 is 6.03 Å². The van der Waals surface area contributed by atoms with Gasteiger partial charge in [0.1, 0.15) is 6.33 Å². The minimum absolute atomic E-state index is 0.234. The van der Waals surface area contributed by atoms with Gasteiger partial charge in [0.05, 0.1) is 11.2 Å². The molecule has 2 aromatic heterocycles. The number of aldehydes is 1. The first-order valence-corrected chi connectivity index (χ1v) is 5.73. The molecule has 0 unspecified atom stereocenters. The highest BCUT2D eigenvalue weighted by Gasteiger charge is 2.27. The summed E-state index contributed by atoms with van der Waals surface area (Å²) in [4.78, 5) is 39.4. The number of imidazole rings is 1.